The highest BCUT2D eigenvalue weighted by molar-refractivity contribution is 6.35. The number of benzene rings is 1. The number of piperazine rings is 1. The van der Waals surface area contributed by atoms with Crippen molar-refractivity contribution in [2.24, 2.45) is 0 Å². The van der Waals surface area contributed by atoms with Crippen molar-refractivity contribution in [3.63, 3.8) is 0 Å². The van der Waals surface area contributed by atoms with Crippen LogP contribution in [0, 0.1) is 0 Å². The number of hydrogen-bond acceptors (Lipinski definition) is 2. The number of carbonyl (C=O) groups excluding carboxylic acids is 1. The summed E-state index contributed by atoms with van der Waals surface area (Å²) in [6.07, 6.45) is 5.83. The van der Waals surface area contributed by atoms with Crippen LogP contribution in [0.15, 0.2) is 18.2 Å². The zero-order valence-electron chi connectivity index (χ0n) is 12.0. The summed E-state index contributed by atoms with van der Waals surface area (Å²) in [4.78, 5) is 15.0. The molecule has 0 radical (unpaired) electrons. The maximum atomic E-state index is 13.0. The van der Waals surface area contributed by atoms with Gasteiger partial charge in [0.1, 0.15) is 0 Å². The van der Waals surface area contributed by atoms with Gasteiger partial charge in [0.25, 0.3) is 5.91 Å². The number of nitrogens with one attached hydrogen (secondary N) is 1. The molecular formula is C16H20Cl2N2O. The number of amides is 1. The Hall–Kier alpha value is -0.770. The van der Waals surface area contributed by atoms with E-state index in [1.807, 2.05) is 0 Å². The molecule has 1 heterocycles. The summed E-state index contributed by atoms with van der Waals surface area (Å²) in [6.45, 7) is 2.50. The summed E-state index contributed by atoms with van der Waals surface area (Å²) in [6, 6.07) is 5.09. The quantitative estimate of drug-likeness (QED) is 0.852. The molecule has 1 saturated heterocycles. The van der Waals surface area contributed by atoms with E-state index in [2.05, 4.69) is 10.2 Å². The van der Waals surface area contributed by atoms with Gasteiger partial charge in [-0.3, -0.25) is 4.79 Å². The van der Waals surface area contributed by atoms with Crippen molar-refractivity contribution in [3.8, 4) is 0 Å². The summed E-state index contributed by atoms with van der Waals surface area (Å²) >= 11 is 12.1. The van der Waals surface area contributed by atoms with E-state index in [1.165, 1.54) is 19.3 Å². The standard InChI is InChI=1S/C16H20Cl2N2O/c17-13-8-12(9-14(18)10-13)15(21)20-7-6-19-11-16(20)4-2-1-3-5-16/h8-10,19H,1-7,11H2. The lowest BCUT2D eigenvalue weighted by Crippen LogP contribution is -2.63. The Morgan fingerprint density at radius 2 is 1.76 bits per heavy atom. The van der Waals surface area contributed by atoms with Gasteiger partial charge in [-0.1, -0.05) is 42.5 Å². The molecule has 0 aromatic heterocycles. The van der Waals surface area contributed by atoms with Gasteiger partial charge in [-0.2, -0.15) is 0 Å². The van der Waals surface area contributed by atoms with E-state index >= 15 is 0 Å². The number of hydrogen-bond donors (Lipinski definition) is 1. The molecule has 1 amide bonds. The van der Waals surface area contributed by atoms with E-state index in [1.54, 1.807) is 18.2 Å². The van der Waals surface area contributed by atoms with Crippen LogP contribution in [0.5, 0.6) is 0 Å². The third-order valence-corrected chi connectivity index (χ3v) is 5.11. The second-order valence-corrected chi connectivity index (χ2v) is 6.95. The van der Waals surface area contributed by atoms with E-state index in [4.69, 9.17) is 23.2 Å². The van der Waals surface area contributed by atoms with Crippen LogP contribution in [0.3, 0.4) is 0 Å². The van der Waals surface area contributed by atoms with Crippen molar-refractivity contribution in [2.75, 3.05) is 19.6 Å². The predicted octanol–water partition coefficient (Wildman–Crippen LogP) is 3.74. The molecule has 21 heavy (non-hydrogen) atoms. The Kier molecular flexibility index (Phi) is 4.43. The van der Waals surface area contributed by atoms with Crippen molar-refractivity contribution in [3.05, 3.63) is 33.8 Å². The van der Waals surface area contributed by atoms with E-state index in [0.29, 0.717) is 15.6 Å². The average Bonchev–Trinajstić information content (AvgIpc) is 2.47. The molecule has 3 rings (SSSR count). The lowest BCUT2D eigenvalue weighted by atomic mass is 9.78. The SMILES string of the molecule is O=C(c1cc(Cl)cc(Cl)c1)N1CCNCC12CCCCC2. The van der Waals surface area contributed by atoms with Crippen molar-refractivity contribution < 1.29 is 4.79 Å². The third-order valence-electron chi connectivity index (χ3n) is 4.68. The highest BCUT2D eigenvalue weighted by Gasteiger charge is 2.42. The number of halogens is 2. The van der Waals surface area contributed by atoms with Gasteiger partial charge in [0.05, 0.1) is 5.54 Å². The minimum absolute atomic E-state index is 0.0254. The second kappa shape index (κ2) is 6.15. The Labute approximate surface area is 135 Å². The van der Waals surface area contributed by atoms with Crippen LogP contribution in [-0.4, -0.2) is 36.0 Å². The predicted molar refractivity (Wildman–Crippen MR) is 86.2 cm³/mol. The largest absolute Gasteiger partial charge is 0.330 e. The van der Waals surface area contributed by atoms with Crippen LogP contribution >= 0.6 is 23.2 Å². The zero-order chi connectivity index (χ0) is 14.9. The Morgan fingerprint density at radius 3 is 2.43 bits per heavy atom. The normalized spacial score (nSPS) is 21.5. The first-order chi connectivity index (χ1) is 10.1. The maximum absolute atomic E-state index is 13.0. The third kappa shape index (κ3) is 3.05. The van der Waals surface area contributed by atoms with Gasteiger partial charge in [0.2, 0.25) is 0 Å². The highest BCUT2D eigenvalue weighted by Crippen LogP contribution is 2.36. The van der Waals surface area contributed by atoms with Crippen molar-refractivity contribution >= 4 is 29.1 Å². The first-order valence-electron chi connectivity index (χ1n) is 7.60. The molecule has 1 aromatic carbocycles. The van der Waals surface area contributed by atoms with E-state index < -0.39 is 0 Å². The summed E-state index contributed by atoms with van der Waals surface area (Å²) in [5.74, 6) is 0.0581. The van der Waals surface area contributed by atoms with Gasteiger partial charge in [-0.05, 0) is 31.0 Å². The first-order valence-corrected chi connectivity index (χ1v) is 8.35. The van der Waals surface area contributed by atoms with Gasteiger partial charge in [-0.25, -0.2) is 0 Å². The molecule has 114 valence electrons. The molecule has 1 N–H and O–H groups in total. The molecule has 5 heteroatoms. The Balaban J connectivity index is 1.90. The van der Waals surface area contributed by atoms with E-state index in [0.717, 1.165) is 32.5 Å². The topological polar surface area (TPSA) is 32.3 Å². The lowest BCUT2D eigenvalue weighted by molar-refractivity contribution is 0.0222. The first kappa shape index (κ1) is 15.1. The highest BCUT2D eigenvalue weighted by atomic mass is 35.5. The summed E-state index contributed by atoms with van der Waals surface area (Å²) < 4.78 is 0. The summed E-state index contributed by atoms with van der Waals surface area (Å²) in [5.41, 5.74) is 0.571. The molecule has 1 aromatic rings. The molecule has 1 saturated carbocycles. The number of rotatable bonds is 1. The zero-order valence-corrected chi connectivity index (χ0v) is 13.5. The molecule has 2 fully saturated rings. The van der Waals surface area contributed by atoms with E-state index in [9.17, 15) is 4.79 Å². The maximum Gasteiger partial charge on any atom is 0.254 e. The number of carbonyl (C=O) groups is 1. The lowest BCUT2D eigenvalue weighted by Gasteiger charge is -2.49. The van der Waals surface area contributed by atoms with Gasteiger partial charge in [0.15, 0.2) is 0 Å². The Morgan fingerprint density at radius 1 is 1.10 bits per heavy atom. The van der Waals surface area contributed by atoms with E-state index in [-0.39, 0.29) is 11.4 Å². The minimum atomic E-state index is -0.0254. The summed E-state index contributed by atoms with van der Waals surface area (Å²) in [5, 5.41) is 4.48. The second-order valence-electron chi connectivity index (χ2n) is 6.08. The van der Waals surface area contributed by atoms with Crippen molar-refractivity contribution in [1.82, 2.24) is 10.2 Å². The molecule has 3 nitrogen and oxygen atoms in total. The molecule has 0 unspecified atom stereocenters. The van der Waals surface area contributed by atoms with Crippen LogP contribution in [0.1, 0.15) is 42.5 Å². The fourth-order valence-corrected chi connectivity index (χ4v) is 4.18. The Bertz CT molecular complexity index is 513. The van der Waals surface area contributed by atoms with Crippen molar-refractivity contribution in [2.45, 2.75) is 37.6 Å². The van der Waals surface area contributed by atoms with Crippen LogP contribution in [-0.2, 0) is 0 Å². The summed E-state index contributed by atoms with van der Waals surface area (Å²) in [7, 11) is 0. The van der Waals surface area contributed by atoms with Gasteiger partial charge >= 0.3 is 0 Å². The number of nitrogens with zero attached hydrogens (tertiary/aromatic N) is 1. The fourth-order valence-electron chi connectivity index (χ4n) is 3.65. The average molecular weight is 327 g/mol. The molecular weight excluding hydrogens is 307 g/mol. The van der Waals surface area contributed by atoms with Gasteiger partial charge in [0, 0.05) is 35.2 Å². The monoisotopic (exact) mass is 326 g/mol. The van der Waals surface area contributed by atoms with Crippen molar-refractivity contribution in [1.29, 1.82) is 0 Å². The van der Waals surface area contributed by atoms with Crippen LogP contribution in [0.25, 0.3) is 0 Å². The molecule has 0 bridgehead atoms. The molecule has 1 spiro atoms. The van der Waals surface area contributed by atoms with Gasteiger partial charge in [-0.15, -0.1) is 0 Å². The van der Waals surface area contributed by atoms with Gasteiger partial charge < -0.3 is 10.2 Å². The van der Waals surface area contributed by atoms with Crippen LogP contribution in [0.4, 0.5) is 0 Å². The smallest absolute Gasteiger partial charge is 0.254 e. The molecule has 1 aliphatic carbocycles. The fraction of sp³-hybridized carbons (Fsp3) is 0.562. The minimum Gasteiger partial charge on any atom is -0.330 e. The molecule has 2 aliphatic rings. The molecule has 0 atom stereocenters. The van der Waals surface area contributed by atoms with Crippen LogP contribution in [0.2, 0.25) is 10.0 Å². The molecule has 1 aliphatic heterocycles. The van der Waals surface area contributed by atoms with Crippen LogP contribution < -0.4 is 5.32 Å².